The molecular weight excluding hydrogens is 608 g/mol. The lowest BCUT2D eigenvalue weighted by Gasteiger charge is -2.26. The van der Waals surface area contributed by atoms with E-state index in [1.807, 2.05) is 74.5 Å². The van der Waals surface area contributed by atoms with Gasteiger partial charge in [-0.2, -0.15) is 0 Å². The average Bonchev–Trinajstić information content (AvgIpc) is 3.64. The summed E-state index contributed by atoms with van der Waals surface area (Å²) < 4.78 is 36.3. The van der Waals surface area contributed by atoms with E-state index in [2.05, 4.69) is 4.99 Å². The van der Waals surface area contributed by atoms with Gasteiger partial charge in [0.25, 0.3) is 5.56 Å². The minimum atomic E-state index is -0.772. The maximum absolute atomic E-state index is 14.1. The highest BCUT2D eigenvalue weighted by molar-refractivity contribution is 7.07. The Balaban J connectivity index is 1.38. The maximum atomic E-state index is 14.1. The standard InChI is InChI=1S/C35H34N2O8S/c1-5-40-25-11-9-8-10-24(25)32-31(34(39)42-7-3)21(4)36-35-37(32)33(38)30(46-35)18-22-12-14-26(28(16-22)41-6-2)43-19-23-13-15-27-29(17-23)45-20-44-27/h8-18,32H,5-7,19-20H2,1-4H3. The third-order valence-corrected chi connectivity index (χ3v) is 8.41. The second-order valence-corrected chi connectivity index (χ2v) is 11.4. The van der Waals surface area contributed by atoms with Crippen molar-refractivity contribution in [3.05, 3.63) is 108 Å². The summed E-state index contributed by atoms with van der Waals surface area (Å²) in [5.74, 6) is 2.58. The van der Waals surface area contributed by atoms with Gasteiger partial charge in [-0.3, -0.25) is 9.36 Å². The first-order valence-corrected chi connectivity index (χ1v) is 15.9. The predicted molar refractivity (Wildman–Crippen MR) is 173 cm³/mol. The van der Waals surface area contributed by atoms with Crippen LogP contribution in [0.3, 0.4) is 0 Å². The molecule has 0 bridgehead atoms. The van der Waals surface area contributed by atoms with E-state index in [-0.39, 0.29) is 19.0 Å². The van der Waals surface area contributed by atoms with Gasteiger partial charge < -0.3 is 28.4 Å². The number of carbonyl (C=O) groups excluding carboxylic acids is 1. The van der Waals surface area contributed by atoms with Gasteiger partial charge in [-0.15, -0.1) is 0 Å². The summed E-state index contributed by atoms with van der Waals surface area (Å²) in [7, 11) is 0. The number of carbonyl (C=O) groups is 1. The fraction of sp³-hybridized carbons (Fsp3) is 0.286. The molecule has 10 nitrogen and oxygen atoms in total. The number of allylic oxidation sites excluding steroid dienone is 1. The number of para-hydroxylation sites is 1. The molecule has 1 atom stereocenters. The summed E-state index contributed by atoms with van der Waals surface area (Å²) >= 11 is 1.25. The molecule has 6 rings (SSSR count). The van der Waals surface area contributed by atoms with Crippen LogP contribution in [0.2, 0.25) is 0 Å². The molecule has 0 aliphatic carbocycles. The lowest BCUT2D eigenvalue weighted by molar-refractivity contribution is -0.139. The smallest absolute Gasteiger partial charge is 0.338 e. The molecule has 238 valence electrons. The molecule has 11 heteroatoms. The number of aromatic nitrogens is 1. The van der Waals surface area contributed by atoms with E-state index in [0.717, 1.165) is 11.1 Å². The van der Waals surface area contributed by atoms with Gasteiger partial charge in [-0.25, -0.2) is 9.79 Å². The van der Waals surface area contributed by atoms with Gasteiger partial charge in [0.2, 0.25) is 6.79 Å². The molecule has 0 spiro atoms. The zero-order chi connectivity index (χ0) is 32.2. The van der Waals surface area contributed by atoms with E-state index < -0.39 is 12.0 Å². The van der Waals surface area contributed by atoms with Crippen molar-refractivity contribution in [2.75, 3.05) is 26.6 Å². The number of fused-ring (bicyclic) bond motifs is 2. The van der Waals surface area contributed by atoms with Crippen LogP contribution in [-0.2, 0) is 16.1 Å². The van der Waals surface area contributed by atoms with Crippen LogP contribution in [0, 0.1) is 0 Å². The average molecular weight is 643 g/mol. The SMILES string of the molecule is CCOC(=O)C1=C(C)N=c2sc(=Cc3ccc(OCc4ccc5c(c4)OCO5)c(OCC)c3)c(=O)n2C1c1ccccc1OCC. The molecule has 0 amide bonds. The lowest BCUT2D eigenvalue weighted by atomic mass is 9.95. The molecule has 0 saturated carbocycles. The van der Waals surface area contributed by atoms with Crippen molar-refractivity contribution in [2.45, 2.75) is 40.3 Å². The van der Waals surface area contributed by atoms with E-state index in [4.69, 9.17) is 28.4 Å². The topological polar surface area (TPSA) is 107 Å². The van der Waals surface area contributed by atoms with Crippen LogP contribution in [0.4, 0.5) is 0 Å². The highest BCUT2D eigenvalue weighted by Crippen LogP contribution is 2.36. The molecule has 4 aromatic rings. The van der Waals surface area contributed by atoms with Crippen LogP contribution in [0.5, 0.6) is 28.7 Å². The van der Waals surface area contributed by atoms with Crippen LogP contribution in [0.25, 0.3) is 6.08 Å². The molecule has 2 aliphatic heterocycles. The molecule has 0 radical (unpaired) electrons. The Labute approximate surface area is 269 Å². The third-order valence-electron chi connectivity index (χ3n) is 7.43. The van der Waals surface area contributed by atoms with Crippen molar-refractivity contribution in [2.24, 2.45) is 4.99 Å². The number of nitrogens with zero attached hydrogens (tertiary/aromatic N) is 2. The first-order chi connectivity index (χ1) is 22.4. The van der Waals surface area contributed by atoms with Crippen molar-refractivity contribution in [1.82, 2.24) is 4.57 Å². The molecule has 0 N–H and O–H groups in total. The molecular formula is C35H34N2O8S. The summed E-state index contributed by atoms with van der Waals surface area (Å²) in [5, 5.41) is 0. The quantitative estimate of drug-likeness (QED) is 0.213. The minimum Gasteiger partial charge on any atom is -0.494 e. The second kappa shape index (κ2) is 13.5. The van der Waals surface area contributed by atoms with Crippen molar-refractivity contribution < 1.29 is 33.2 Å². The molecule has 2 aliphatic rings. The van der Waals surface area contributed by atoms with E-state index in [0.29, 0.717) is 74.7 Å². The lowest BCUT2D eigenvalue weighted by Crippen LogP contribution is -2.40. The first-order valence-electron chi connectivity index (χ1n) is 15.1. The first kappa shape index (κ1) is 31.0. The maximum Gasteiger partial charge on any atom is 0.338 e. The number of ether oxygens (including phenoxy) is 6. The van der Waals surface area contributed by atoms with E-state index in [1.165, 1.54) is 11.3 Å². The van der Waals surface area contributed by atoms with Crippen molar-refractivity contribution >= 4 is 23.4 Å². The molecule has 3 heterocycles. The summed E-state index contributed by atoms with van der Waals surface area (Å²) in [6.07, 6.45) is 1.79. The highest BCUT2D eigenvalue weighted by atomic mass is 32.1. The van der Waals surface area contributed by atoms with E-state index in [9.17, 15) is 9.59 Å². The molecule has 46 heavy (non-hydrogen) atoms. The van der Waals surface area contributed by atoms with Gasteiger partial charge in [0.05, 0.1) is 35.6 Å². The predicted octanol–water partition coefficient (Wildman–Crippen LogP) is 4.90. The number of benzene rings is 3. The Morgan fingerprint density at radius 3 is 2.52 bits per heavy atom. The fourth-order valence-corrected chi connectivity index (χ4v) is 6.47. The summed E-state index contributed by atoms with van der Waals surface area (Å²) in [6.45, 7) is 8.86. The Morgan fingerprint density at radius 1 is 0.935 bits per heavy atom. The van der Waals surface area contributed by atoms with Gasteiger partial charge in [0, 0.05) is 5.56 Å². The van der Waals surface area contributed by atoms with Gasteiger partial charge in [0.15, 0.2) is 27.8 Å². The zero-order valence-electron chi connectivity index (χ0n) is 26.0. The summed E-state index contributed by atoms with van der Waals surface area (Å²) in [5.41, 5.74) is 2.86. The summed E-state index contributed by atoms with van der Waals surface area (Å²) in [6, 6.07) is 17.9. The second-order valence-electron chi connectivity index (χ2n) is 10.4. The zero-order valence-corrected chi connectivity index (χ0v) is 26.8. The van der Waals surface area contributed by atoms with E-state index in [1.54, 1.807) is 24.5 Å². The third kappa shape index (κ3) is 6.10. The molecule has 3 aromatic carbocycles. The Kier molecular flexibility index (Phi) is 9.11. The Morgan fingerprint density at radius 2 is 1.72 bits per heavy atom. The van der Waals surface area contributed by atoms with Crippen LogP contribution in [0.15, 0.2) is 81.7 Å². The van der Waals surface area contributed by atoms with Crippen LogP contribution in [-0.4, -0.2) is 37.1 Å². The van der Waals surface area contributed by atoms with Crippen molar-refractivity contribution in [3.8, 4) is 28.7 Å². The van der Waals surface area contributed by atoms with Crippen molar-refractivity contribution in [1.29, 1.82) is 0 Å². The number of esters is 1. The molecule has 1 unspecified atom stereocenters. The molecule has 0 saturated heterocycles. The number of hydrogen-bond acceptors (Lipinski definition) is 10. The number of thiazole rings is 1. The Bertz CT molecular complexity index is 1990. The fourth-order valence-electron chi connectivity index (χ4n) is 5.42. The largest absolute Gasteiger partial charge is 0.494 e. The molecule has 0 fully saturated rings. The van der Waals surface area contributed by atoms with Gasteiger partial charge in [0.1, 0.15) is 18.4 Å². The minimum absolute atomic E-state index is 0.193. The van der Waals surface area contributed by atoms with Crippen LogP contribution in [0.1, 0.15) is 50.4 Å². The monoisotopic (exact) mass is 642 g/mol. The van der Waals surface area contributed by atoms with Gasteiger partial charge in [-0.05, 0) is 75.2 Å². The number of hydrogen-bond donors (Lipinski definition) is 0. The van der Waals surface area contributed by atoms with Gasteiger partial charge >= 0.3 is 5.97 Å². The van der Waals surface area contributed by atoms with Crippen LogP contribution >= 0.6 is 11.3 Å². The van der Waals surface area contributed by atoms with Crippen molar-refractivity contribution in [3.63, 3.8) is 0 Å². The van der Waals surface area contributed by atoms with Gasteiger partial charge in [-0.1, -0.05) is 41.7 Å². The summed E-state index contributed by atoms with van der Waals surface area (Å²) in [4.78, 5) is 32.5. The van der Waals surface area contributed by atoms with Crippen LogP contribution < -0.4 is 38.6 Å². The Hall–Kier alpha value is -5.03. The normalized spacial score (nSPS) is 15.3. The van der Waals surface area contributed by atoms with E-state index >= 15 is 0 Å². The molecule has 1 aromatic heterocycles. The number of rotatable bonds is 11. The highest BCUT2D eigenvalue weighted by Gasteiger charge is 2.35.